The number of thiazole rings is 1. The van der Waals surface area contributed by atoms with E-state index in [9.17, 15) is 24.0 Å². The number of ketones is 1. The van der Waals surface area contributed by atoms with Crippen molar-refractivity contribution >= 4 is 40.9 Å². The van der Waals surface area contributed by atoms with E-state index in [1.807, 2.05) is 52.1 Å². The van der Waals surface area contributed by atoms with Crippen LogP contribution in [0.5, 0.6) is 0 Å². The predicted molar refractivity (Wildman–Crippen MR) is 196 cm³/mol. The second-order valence-electron chi connectivity index (χ2n) is 14.9. The van der Waals surface area contributed by atoms with Gasteiger partial charge in [-0.15, -0.1) is 11.3 Å². The van der Waals surface area contributed by atoms with Crippen molar-refractivity contribution in [1.82, 2.24) is 20.5 Å². The molecule has 1 aliphatic heterocycles. The SMILES string of the molecule is COC(=O)[C@@H](C)C[C@H](Cc1ccc(C)cc1)NC(=O)c1csc([C@@H](C[C@@H](NC(=O)[C@@H](CC(=O)[C@H]2CCCCN2C)C2CC2)C(C)C)OC(C)=O)n1. The zero-order chi connectivity index (χ0) is 37.2. The predicted octanol–water partition coefficient (Wildman–Crippen LogP) is 5.60. The molecule has 51 heavy (non-hydrogen) atoms. The highest BCUT2D eigenvalue weighted by molar-refractivity contribution is 7.09. The highest BCUT2D eigenvalue weighted by atomic mass is 32.1. The minimum Gasteiger partial charge on any atom is -0.469 e. The fourth-order valence-corrected chi connectivity index (χ4v) is 7.79. The number of likely N-dealkylation sites (N-methyl/N-ethyl adjacent to an activating group) is 1. The number of carbonyl (C=O) groups is 5. The van der Waals surface area contributed by atoms with E-state index in [2.05, 4.69) is 20.5 Å². The van der Waals surface area contributed by atoms with Crippen LogP contribution in [0.2, 0.25) is 0 Å². The van der Waals surface area contributed by atoms with Gasteiger partial charge in [-0.05, 0) is 76.4 Å². The first-order valence-electron chi connectivity index (χ1n) is 18.4. The first kappa shape index (κ1) is 40.1. The Morgan fingerprint density at radius 1 is 1.00 bits per heavy atom. The molecule has 6 atom stereocenters. The van der Waals surface area contributed by atoms with Gasteiger partial charge in [-0.25, -0.2) is 4.98 Å². The van der Waals surface area contributed by atoms with Crippen molar-refractivity contribution in [3.63, 3.8) is 0 Å². The molecule has 0 spiro atoms. The van der Waals surface area contributed by atoms with Crippen LogP contribution in [0.1, 0.15) is 112 Å². The number of Topliss-reactive ketones (excluding diaryl/α,β-unsaturated/α-hetero) is 1. The van der Waals surface area contributed by atoms with Gasteiger partial charge < -0.3 is 20.1 Å². The topological polar surface area (TPSA) is 144 Å². The number of benzene rings is 1. The Kier molecular flexibility index (Phi) is 14.7. The number of aryl methyl sites for hydroxylation is 1. The van der Waals surface area contributed by atoms with E-state index in [0.717, 1.165) is 49.8 Å². The molecule has 1 aromatic heterocycles. The minimum absolute atomic E-state index is 0.00546. The largest absolute Gasteiger partial charge is 0.469 e. The van der Waals surface area contributed by atoms with Crippen molar-refractivity contribution in [3.8, 4) is 0 Å². The van der Waals surface area contributed by atoms with Crippen molar-refractivity contribution in [2.45, 2.75) is 117 Å². The van der Waals surface area contributed by atoms with Crippen molar-refractivity contribution in [2.75, 3.05) is 20.7 Å². The molecule has 2 fully saturated rings. The smallest absolute Gasteiger partial charge is 0.308 e. The fraction of sp³-hybridized carbons (Fsp3) is 0.641. The number of aromatic nitrogens is 1. The summed E-state index contributed by atoms with van der Waals surface area (Å²) in [5.74, 6) is -1.87. The van der Waals surface area contributed by atoms with Crippen LogP contribution >= 0.6 is 11.3 Å². The molecule has 2 aromatic rings. The van der Waals surface area contributed by atoms with Gasteiger partial charge >= 0.3 is 11.9 Å². The quantitative estimate of drug-likeness (QED) is 0.188. The molecular formula is C39H56N4O7S. The van der Waals surface area contributed by atoms with Gasteiger partial charge in [-0.3, -0.25) is 28.9 Å². The molecule has 1 saturated carbocycles. The van der Waals surface area contributed by atoms with E-state index in [1.54, 1.807) is 12.3 Å². The minimum atomic E-state index is -0.790. The van der Waals surface area contributed by atoms with Gasteiger partial charge in [0.05, 0.1) is 19.1 Å². The van der Waals surface area contributed by atoms with Crippen LogP contribution in [0, 0.1) is 30.6 Å². The summed E-state index contributed by atoms with van der Waals surface area (Å²) < 4.78 is 10.7. The number of nitrogens with zero attached hydrogens (tertiary/aromatic N) is 2. The number of amides is 2. The Hall–Kier alpha value is -3.64. The number of likely N-dealkylation sites (tertiary alicyclic amines) is 1. The molecule has 0 radical (unpaired) electrons. The summed E-state index contributed by atoms with van der Waals surface area (Å²) in [5, 5.41) is 8.35. The summed E-state index contributed by atoms with van der Waals surface area (Å²) in [7, 11) is 3.34. The molecule has 1 aromatic carbocycles. The van der Waals surface area contributed by atoms with E-state index in [4.69, 9.17) is 9.47 Å². The summed E-state index contributed by atoms with van der Waals surface area (Å²) >= 11 is 1.22. The molecule has 2 aliphatic rings. The average Bonchev–Trinajstić information content (AvgIpc) is 3.81. The van der Waals surface area contributed by atoms with Gasteiger partial charge in [0.15, 0.2) is 11.9 Å². The van der Waals surface area contributed by atoms with E-state index >= 15 is 0 Å². The second kappa shape index (κ2) is 18.7. The van der Waals surface area contributed by atoms with Gasteiger partial charge in [0.1, 0.15) is 10.7 Å². The monoisotopic (exact) mass is 724 g/mol. The highest BCUT2D eigenvalue weighted by Gasteiger charge is 2.40. The lowest BCUT2D eigenvalue weighted by Crippen LogP contribution is -2.46. The zero-order valence-electron chi connectivity index (χ0n) is 31.2. The number of piperidine rings is 1. The third-order valence-corrected chi connectivity index (χ3v) is 11.1. The third-order valence-electron chi connectivity index (χ3n) is 10.2. The maximum atomic E-state index is 13.8. The molecule has 12 heteroatoms. The summed E-state index contributed by atoms with van der Waals surface area (Å²) in [5.41, 5.74) is 2.32. The third kappa shape index (κ3) is 12.0. The lowest BCUT2D eigenvalue weighted by Gasteiger charge is -2.32. The van der Waals surface area contributed by atoms with Crippen LogP contribution in [-0.2, 0) is 35.1 Å². The molecular weight excluding hydrogens is 669 g/mol. The van der Waals surface area contributed by atoms with Gasteiger partial charge in [-0.2, -0.15) is 0 Å². The Morgan fingerprint density at radius 3 is 2.31 bits per heavy atom. The highest BCUT2D eigenvalue weighted by Crippen LogP contribution is 2.40. The number of hydrogen-bond donors (Lipinski definition) is 2. The Morgan fingerprint density at radius 2 is 1.71 bits per heavy atom. The molecule has 0 bridgehead atoms. The normalized spacial score (nSPS) is 19.3. The number of esters is 2. The van der Waals surface area contributed by atoms with Gasteiger partial charge in [0, 0.05) is 43.1 Å². The molecule has 0 unspecified atom stereocenters. The summed E-state index contributed by atoms with van der Waals surface area (Å²) in [6.07, 6.45) is 5.42. The standard InChI is InChI=1S/C39H56N4O7S/c1-23(2)31(41-36(46)30(28-15-16-28)20-34(45)33-10-8-9-17-43(33)6)21-35(50-26(5)44)38-42-32(22-51-38)37(47)40-29(18-25(4)39(48)49-7)19-27-13-11-24(3)12-14-27/h11-14,22-23,25,28-31,33,35H,8-10,15-21H2,1-7H3,(H,40,47)(H,41,46)/t25-,29+,30-,31+,33+,35+/m0/s1. The van der Waals surface area contributed by atoms with Crippen LogP contribution in [-0.4, -0.2) is 78.2 Å². The number of methoxy groups -OCH3 is 1. The number of carbonyl (C=O) groups excluding carboxylic acids is 5. The van der Waals surface area contributed by atoms with Crippen molar-refractivity contribution in [2.24, 2.45) is 23.7 Å². The van der Waals surface area contributed by atoms with Crippen LogP contribution in [0.15, 0.2) is 29.6 Å². The maximum absolute atomic E-state index is 13.8. The van der Waals surface area contributed by atoms with Crippen LogP contribution < -0.4 is 10.6 Å². The van der Waals surface area contributed by atoms with E-state index in [1.165, 1.54) is 25.4 Å². The molecule has 2 heterocycles. The lowest BCUT2D eigenvalue weighted by atomic mass is 9.89. The van der Waals surface area contributed by atoms with Gasteiger partial charge in [-0.1, -0.05) is 57.0 Å². The first-order valence-corrected chi connectivity index (χ1v) is 19.2. The van der Waals surface area contributed by atoms with Gasteiger partial charge in [0.2, 0.25) is 5.91 Å². The molecule has 2 amide bonds. The number of ether oxygens (including phenoxy) is 2. The number of nitrogens with one attached hydrogen (secondary N) is 2. The zero-order valence-corrected chi connectivity index (χ0v) is 32.1. The molecule has 2 N–H and O–H groups in total. The molecule has 4 rings (SSSR count). The Balaban J connectivity index is 1.46. The average molecular weight is 725 g/mol. The van der Waals surface area contributed by atoms with Crippen molar-refractivity contribution < 1.29 is 33.4 Å². The maximum Gasteiger partial charge on any atom is 0.308 e. The number of hydrogen-bond acceptors (Lipinski definition) is 10. The number of rotatable bonds is 18. The fourth-order valence-electron chi connectivity index (χ4n) is 6.95. The van der Waals surface area contributed by atoms with Crippen LogP contribution in [0.3, 0.4) is 0 Å². The summed E-state index contributed by atoms with van der Waals surface area (Å²) in [4.78, 5) is 71.9. The molecule has 1 aliphatic carbocycles. The first-order chi connectivity index (χ1) is 24.2. The van der Waals surface area contributed by atoms with E-state index < -0.39 is 23.9 Å². The van der Waals surface area contributed by atoms with Crippen LogP contribution in [0.4, 0.5) is 0 Å². The van der Waals surface area contributed by atoms with Crippen LogP contribution in [0.25, 0.3) is 0 Å². The van der Waals surface area contributed by atoms with Crippen molar-refractivity contribution in [1.29, 1.82) is 0 Å². The summed E-state index contributed by atoms with van der Waals surface area (Å²) in [6, 6.07) is 7.16. The van der Waals surface area contributed by atoms with Crippen molar-refractivity contribution in [3.05, 3.63) is 51.5 Å². The van der Waals surface area contributed by atoms with Gasteiger partial charge in [0.25, 0.3) is 5.91 Å². The van der Waals surface area contributed by atoms with E-state index in [0.29, 0.717) is 17.8 Å². The molecule has 1 saturated heterocycles. The summed E-state index contributed by atoms with van der Waals surface area (Å²) in [6.45, 7) is 9.99. The lowest BCUT2D eigenvalue weighted by molar-refractivity contribution is -0.148. The Labute approximate surface area is 306 Å². The Bertz CT molecular complexity index is 1500. The molecule has 11 nitrogen and oxygen atoms in total. The molecule has 280 valence electrons. The second-order valence-corrected chi connectivity index (χ2v) is 15.8. The van der Waals surface area contributed by atoms with E-state index in [-0.39, 0.29) is 72.1 Å².